The summed E-state index contributed by atoms with van der Waals surface area (Å²) in [5.41, 5.74) is 2.16. The molecule has 1 aromatic rings. The van der Waals surface area contributed by atoms with Crippen molar-refractivity contribution in [2.24, 2.45) is 0 Å². The van der Waals surface area contributed by atoms with Gasteiger partial charge in [-0.05, 0) is 37.5 Å². The van der Waals surface area contributed by atoms with E-state index in [-0.39, 0.29) is 13.2 Å². The zero-order chi connectivity index (χ0) is 16.9. The van der Waals surface area contributed by atoms with Crippen molar-refractivity contribution in [2.45, 2.75) is 33.6 Å². The zero-order valence-corrected chi connectivity index (χ0v) is 14.4. The Morgan fingerprint density at radius 3 is 2.43 bits per heavy atom. The number of esters is 1. The van der Waals surface area contributed by atoms with Crippen molar-refractivity contribution < 1.29 is 23.7 Å². The van der Waals surface area contributed by atoms with E-state index in [9.17, 15) is 4.79 Å². The fourth-order valence-corrected chi connectivity index (χ4v) is 1.84. The van der Waals surface area contributed by atoms with Gasteiger partial charge < -0.3 is 18.9 Å². The predicted octanol–water partition coefficient (Wildman–Crippen LogP) is 3.06. The minimum Gasteiger partial charge on any atom is -0.482 e. The van der Waals surface area contributed by atoms with E-state index in [0.29, 0.717) is 25.6 Å². The third kappa shape index (κ3) is 8.57. The van der Waals surface area contributed by atoms with Gasteiger partial charge in [0.1, 0.15) is 12.4 Å². The van der Waals surface area contributed by atoms with Crippen molar-refractivity contribution >= 4 is 5.97 Å². The number of carbonyl (C=O) groups is 1. The van der Waals surface area contributed by atoms with Gasteiger partial charge in [-0.1, -0.05) is 25.5 Å². The van der Waals surface area contributed by atoms with Gasteiger partial charge in [0.2, 0.25) is 0 Å². The van der Waals surface area contributed by atoms with Crippen LogP contribution in [0.1, 0.15) is 30.9 Å². The normalized spacial score (nSPS) is 10.6. The highest BCUT2D eigenvalue weighted by atomic mass is 16.6. The van der Waals surface area contributed by atoms with Gasteiger partial charge >= 0.3 is 5.97 Å². The molecule has 0 aromatic heterocycles. The Labute approximate surface area is 138 Å². The number of benzene rings is 1. The quantitative estimate of drug-likeness (QED) is 0.437. The summed E-state index contributed by atoms with van der Waals surface area (Å²) >= 11 is 0. The average Bonchev–Trinajstić information content (AvgIpc) is 2.54. The van der Waals surface area contributed by atoms with Crippen molar-refractivity contribution in [3.8, 4) is 5.75 Å². The highest BCUT2D eigenvalue weighted by molar-refractivity contribution is 5.71. The minimum absolute atomic E-state index is 0.0928. The van der Waals surface area contributed by atoms with Crippen LogP contribution in [-0.4, -0.2) is 45.6 Å². The lowest BCUT2D eigenvalue weighted by atomic mass is 10.1. The molecule has 23 heavy (non-hydrogen) atoms. The number of rotatable bonds is 12. The van der Waals surface area contributed by atoms with Gasteiger partial charge in [0.25, 0.3) is 0 Å². The maximum atomic E-state index is 11.6. The lowest BCUT2D eigenvalue weighted by molar-refractivity contribution is -0.147. The van der Waals surface area contributed by atoms with Gasteiger partial charge in [0.15, 0.2) is 6.61 Å². The summed E-state index contributed by atoms with van der Waals surface area (Å²) in [5, 5.41) is 0. The molecular weight excluding hydrogens is 296 g/mol. The van der Waals surface area contributed by atoms with Gasteiger partial charge in [0, 0.05) is 6.61 Å². The van der Waals surface area contributed by atoms with E-state index in [1.807, 2.05) is 32.0 Å². The summed E-state index contributed by atoms with van der Waals surface area (Å²) in [5.74, 6) is 0.316. The van der Waals surface area contributed by atoms with E-state index in [1.54, 1.807) is 0 Å². The lowest BCUT2D eigenvalue weighted by Gasteiger charge is -2.11. The summed E-state index contributed by atoms with van der Waals surface area (Å²) in [7, 11) is 0. The van der Waals surface area contributed by atoms with Crippen LogP contribution in [0.25, 0.3) is 0 Å². The second-order valence-electron chi connectivity index (χ2n) is 5.29. The minimum atomic E-state index is -0.395. The molecule has 0 aliphatic heterocycles. The number of hydrogen-bond acceptors (Lipinski definition) is 5. The van der Waals surface area contributed by atoms with Gasteiger partial charge in [-0.25, -0.2) is 4.79 Å². The maximum Gasteiger partial charge on any atom is 0.344 e. The first-order chi connectivity index (χ1) is 11.1. The molecule has 0 N–H and O–H groups in total. The van der Waals surface area contributed by atoms with E-state index in [0.717, 1.165) is 30.6 Å². The van der Waals surface area contributed by atoms with Crippen LogP contribution >= 0.6 is 0 Å². The van der Waals surface area contributed by atoms with E-state index in [1.165, 1.54) is 0 Å². The molecule has 0 radical (unpaired) electrons. The fraction of sp³-hybridized carbons (Fsp3) is 0.611. The summed E-state index contributed by atoms with van der Waals surface area (Å²) < 4.78 is 21.2. The van der Waals surface area contributed by atoms with Crippen LogP contribution in [0.5, 0.6) is 5.75 Å². The van der Waals surface area contributed by atoms with Gasteiger partial charge in [0.05, 0.1) is 19.8 Å². The summed E-state index contributed by atoms with van der Waals surface area (Å²) in [6.45, 7) is 8.45. The van der Waals surface area contributed by atoms with Crippen LogP contribution in [0.3, 0.4) is 0 Å². The highest BCUT2D eigenvalue weighted by Gasteiger charge is 2.07. The third-order valence-electron chi connectivity index (χ3n) is 3.41. The smallest absolute Gasteiger partial charge is 0.344 e. The maximum absolute atomic E-state index is 11.6. The second-order valence-corrected chi connectivity index (χ2v) is 5.29. The van der Waals surface area contributed by atoms with E-state index < -0.39 is 5.97 Å². The number of aryl methyl sites for hydroxylation is 1. The van der Waals surface area contributed by atoms with E-state index >= 15 is 0 Å². The Bertz CT molecular complexity index is 459. The monoisotopic (exact) mass is 324 g/mol. The molecule has 0 aliphatic rings. The Balaban J connectivity index is 2.03. The van der Waals surface area contributed by atoms with Crippen molar-refractivity contribution in [1.29, 1.82) is 0 Å². The molecule has 5 nitrogen and oxygen atoms in total. The van der Waals surface area contributed by atoms with Crippen LogP contribution in [0, 0.1) is 13.8 Å². The van der Waals surface area contributed by atoms with Gasteiger partial charge in [-0.2, -0.15) is 0 Å². The molecule has 0 bridgehead atoms. The number of hydrogen-bond donors (Lipinski definition) is 0. The Kier molecular flexibility index (Phi) is 10.1. The summed E-state index contributed by atoms with van der Waals surface area (Å²) in [4.78, 5) is 11.6. The average molecular weight is 324 g/mol. The SMILES string of the molecule is CCCCOCCOCCOC(=O)COc1cccc(C)c1C. The highest BCUT2D eigenvalue weighted by Crippen LogP contribution is 2.20. The number of ether oxygens (including phenoxy) is 4. The van der Waals surface area contributed by atoms with Crippen molar-refractivity contribution in [2.75, 3.05) is 39.6 Å². The molecule has 0 saturated carbocycles. The molecule has 130 valence electrons. The van der Waals surface area contributed by atoms with Crippen LogP contribution in [0.2, 0.25) is 0 Å². The Morgan fingerprint density at radius 2 is 1.70 bits per heavy atom. The standard InChI is InChI=1S/C18H28O5/c1-4-5-9-20-10-11-21-12-13-22-18(19)14-23-17-8-6-7-15(2)16(17)3/h6-8H,4-5,9-14H2,1-3H3. The van der Waals surface area contributed by atoms with Crippen molar-refractivity contribution in [1.82, 2.24) is 0 Å². The molecule has 0 amide bonds. The number of unbranched alkanes of at least 4 members (excludes halogenated alkanes) is 1. The molecule has 0 atom stereocenters. The van der Waals surface area contributed by atoms with Gasteiger partial charge in [-0.15, -0.1) is 0 Å². The molecular formula is C18H28O5. The fourth-order valence-electron chi connectivity index (χ4n) is 1.84. The molecule has 1 rings (SSSR count). The first kappa shape index (κ1) is 19.5. The van der Waals surface area contributed by atoms with Crippen LogP contribution in [-0.2, 0) is 19.0 Å². The topological polar surface area (TPSA) is 54.0 Å². The Morgan fingerprint density at radius 1 is 1.00 bits per heavy atom. The molecule has 1 aromatic carbocycles. The Hall–Kier alpha value is -1.59. The van der Waals surface area contributed by atoms with E-state index in [2.05, 4.69) is 6.92 Å². The second kappa shape index (κ2) is 11.9. The molecule has 0 fully saturated rings. The number of carbonyl (C=O) groups excluding carboxylic acids is 1. The molecule has 0 aliphatic carbocycles. The first-order valence-corrected chi connectivity index (χ1v) is 8.15. The van der Waals surface area contributed by atoms with Crippen LogP contribution < -0.4 is 4.74 Å². The van der Waals surface area contributed by atoms with Crippen molar-refractivity contribution in [3.63, 3.8) is 0 Å². The first-order valence-electron chi connectivity index (χ1n) is 8.15. The molecule has 0 saturated heterocycles. The summed E-state index contributed by atoms with van der Waals surface area (Å²) in [6, 6.07) is 5.75. The van der Waals surface area contributed by atoms with Crippen LogP contribution in [0.4, 0.5) is 0 Å². The molecule has 0 unspecified atom stereocenters. The van der Waals surface area contributed by atoms with Crippen molar-refractivity contribution in [3.05, 3.63) is 29.3 Å². The predicted molar refractivity (Wildman–Crippen MR) is 88.9 cm³/mol. The van der Waals surface area contributed by atoms with Gasteiger partial charge in [-0.3, -0.25) is 0 Å². The molecule has 0 heterocycles. The van der Waals surface area contributed by atoms with E-state index in [4.69, 9.17) is 18.9 Å². The lowest BCUT2D eigenvalue weighted by Crippen LogP contribution is -2.18. The molecule has 0 spiro atoms. The zero-order valence-electron chi connectivity index (χ0n) is 14.4. The largest absolute Gasteiger partial charge is 0.482 e. The summed E-state index contributed by atoms with van der Waals surface area (Å²) in [6.07, 6.45) is 2.19. The van der Waals surface area contributed by atoms with Crippen LogP contribution in [0.15, 0.2) is 18.2 Å². The molecule has 5 heteroatoms. The third-order valence-corrected chi connectivity index (χ3v) is 3.41.